The zero-order valence-corrected chi connectivity index (χ0v) is 17.8. The minimum absolute atomic E-state index is 0.0903. The number of para-hydroxylation sites is 1. The van der Waals surface area contributed by atoms with Gasteiger partial charge in [0.2, 0.25) is 17.8 Å². The van der Waals surface area contributed by atoms with Gasteiger partial charge in [-0.25, -0.2) is 0 Å². The van der Waals surface area contributed by atoms with Gasteiger partial charge in [0.25, 0.3) is 0 Å². The van der Waals surface area contributed by atoms with Crippen molar-refractivity contribution in [2.24, 2.45) is 0 Å². The number of morpholine rings is 2. The molecule has 0 bridgehead atoms. The Kier molecular flexibility index (Phi) is 6.98. The normalized spacial score (nSPS) is 18.2. The first-order chi connectivity index (χ1) is 14.7. The molecule has 10 heteroatoms. The van der Waals surface area contributed by atoms with Crippen LogP contribution in [0.3, 0.4) is 0 Å². The van der Waals surface area contributed by atoms with Crippen LogP contribution in [0.15, 0.2) is 35.5 Å². The van der Waals surface area contributed by atoms with Crippen molar-refractivity contribution in [2.75, 3.05) is 67.7 Å². The van der Waals surface area contributed by atoms with E-state index in [2.05, 4.69) is 25.1 Å². The van der Waals surface area contributed by atoms with E-state index in [4.69, 9.17) is 14.5 Å². The van der Waals surface area contributed by atoms with Gasteiger partial charge < -0.3 is 24.6 Å². The number of ether oxygens (including phenoxy) is 2. The van der Waals surface area contributed by atoms with Crippen LogP contribution < -0.4 is 15.1 Å². The van der Waals surface area contributed by atoms with E-state index in [9.17, 15) is 4.79 Å². The summed E-state index contributed by atoms with van der Waals surface area (Å²) in [4.78, 5) is 30.9. The summed E-state index contributed by atoms with van der Waals surface area (Å²) in [7, 11) is 0. The third-order valence-corrected chi connectivity index (χ3v) is 5.83. The summed E-state index contributed by atoms with van der Waals surface area (Å²) < 4.78 is 10.9. The van der Waals surface area contributed by atoms with E-state index in [-0.39, 0.29) is 11.2 Å². The number of carbonyl (C=O) groups is 1. The number of rotatable bonds is 6. The van der Waals surface area contributed by atoms with Crippen LogP contribution in [0.25, 0.3) is 0 Å². The highest BCUT2D eigenvalue weighted by Gasteiger charge is 2.23. The monoisotopic (exact) mass is 430 g/mol. The molecule has 1 amide bonds. The maximum absolute atomic E-state index is 12.6. The highest BCUT2D eigenvalue weighted by molar-refractivity contribution is 8.00. The van der Waals surface area contributed by atoms with Crippen molar-refractivity contribution < 1.29 is 14.3 Å². The maximum Gasteiger partial charge on any atom is 0.237 e. The second-order valence-electron chi connectivity index (χ2n) is 7.03. The molecule has 9 nitrogen and oxygen atoms in total. The first-order valence-electron chi connectivity index (χ1n) is 10.1. The predicted octanol–water partition coefficient (Wildman–Crippen LogP) is 1.66. The minimum atomic E-state index is -0.359. The molecule has 1 atom stereocenters. The Bertz CT molecular complexity index is 807. The highest BCUT2D eigenvalue weighted by Crippen LogP contribution is 2.25. The lowest BCUT2D eigenvalue weighted by atomic mass is 10.3. The van der Waals surface area contributed by atoms with Crippen molar-refractivity contribution in [1.82, 2.24) is 15.0 Å². The average molecular weight is 431 g/mol. The van der Waals surface area contributed by atoms with Gasteiger partial charge in [0.1, 0.15) is 0 Å². The van der Waals surface area contributed by atoms with Crippen LogP contribution in [0.5, 0.6) is 0 Å². The Morgan fingerprint density at radius 2 is 1.47 bits per heavy atom. The van der Waals surface area contributed by atoms with Crippen LogP contribution in [-0.2, 0) is 14.3 Å². The second kappa shape index (κ2) is 10.1. The van der Waals surface area contributed by atoms with E-state index >= 15 is 0 Å². The van der Waals surface area contributed by atoms with Gasteiger partial charge in [-0.2, -0.15) is 15.0 Å². The van der Waals surface area contributed by atoms with Crippen molar-refractivity contribution in [3.05, 3.63) is 30.3 Å². The van der Waals surface area contributed by atoms with Crippen molar-refractivity contribution in [3.8, 4) is 0 Å². The molecule has 2 saturated heterocycles. The zero-order chi connectivity index (χ0) is 20.8. The van der Waals surface area contributed by atoms with Crippen molar-refractivity contribution in [1.29, 1.82) is 0 Å². The van der Waals surface area contributed by atoms with Gasteiger partial charge in [0.05, 0.1) is 31.7 Å². The molecule has 2 aliphatic rings. The molecule has 2 aromatic rings. The lowest BCUT2D eigenvalue weighted by Crippen LogP contribution is -2.40. The number of nitrogens with zero attached hydrogens (tertiary/aromatic N) is 5. The third-order valence-electron chi connectivity index (χ3n) is 4.87. The third kappa shape index (κ3) is 5.38. The number of amides is 1. The van der Waals surface area contributed by atoms with Gasteiger partial charge in [-0.3, -0.25) is 4.79 Å². The summed E-state index contributed by atoms with van der Waals surface area (Å²) >= 11 is 1.34. The molecule has 0 saturated carbocycles. The number of hydrogen-bond acceptors (Lipinski definition) is 9. The lowest BCUT2D eigenvalue weighted by Gasteiger charge is -2.30. The number of nitrogens with one attached hydrogen (secondary N) is 1. The molecule has 1 aromatic carbocycles. The van der Waals surface area contributed by atoms with Crippen LogP contribution in [0.4, 0.5) is 17.6 Å². The van der Waals surface area contributed by atoms with Gasteiger partial charge >= 0.3 is 0 Å². The molecular formula is C20H26N6O3S. The molecule has 3 heterocycles. The Hall–Kier alpha value is -2.43. The molecule has 4 rings (SSSR count). The van der Waals surface area contributed by atoms with E-state index in [1.54, 1.807) is 0 Å². The Morgan fingerprint density at radius 3 is 2.00 bits per heavy atom. The standard InChI is InChI=1S/C20H26N6O3S/c1-15(17(27)21-16-5-3-2-4-6-16)30-20-23-18(25-7-11-28-12-8-25)22-19(24-20)26-9-13-29-14-10-26/h2-6,15H,7-14H2,1H3,(H,21,27)/t15-/m1/s1. The van der Waals surface area contributed by atoms with Gasteiger partial charge in [-0.1, -0.05) is 30.0 Å². The zero-order valence-electron chi connectivity index (χ0n) is 17.0. The molecule has 30 heavy (non-hydrogen) atoms. The second-order valence-corrected chi connectivity index (χ2v) is 8.34. The van der Waals surface area contributed by atoms with Crippen LogP contribution in [0, 0.1) is 0 Å². The fourth-order valence-electron chi connectivity index (χ4n) is 3.17. The van der Waals surface area contributed by atoms with E-state index in [1.165, 1.54) is 11.8 Å². The Labute approximate surface area is 180 Å². The molecule has 1 N–H and O–H groups in total. The fraction of sp³-hybridized carbons (Fsp3) is 0.500. The van der Waals surface area contributed by atoms with Gasteiger partial charge in [-0.15, -0.1) is 0 Å². The molecule has 0 unspecified atom stereocenters. The number of carbonyl (C=O) groups excluding carboxylic acids is 1. The van der Waals surface area contributed by atoms with E-state index in [0.29, 0.717) is 43.5 Å². The molecule has 0 radical (unpaired) electrons. The Balaban J connectivity index is 1.52. The summed E-state index contributed by atoms with van der Waals surface area (Å²) in [5.41, 5.74) is 0.772. The molecule has 160 valence electrons. The smallest absolute Gasteiger partial charge is 0.237 e. The molecule has 0 spiro atoms. The predicted molar refractivity (Wildman–Crippen MR) is 116 cm³/mol. The van der Waals surface area contributed by atoms with Crippen LogP contribution >= 0.6 is 11.8 Å². The van der Waals surface area contributed by atoms with Crippen LogP contribution in [0.1, 0.15) is 6.92 Å². The first-order valence-corrected chi connectivity index (χ1v) is 11.0. The quantitative estimate of drug-likeness (QED) is 0.687. The molecule has 0 aliphatic carbocycles. The number of anilines is 3. The number of thioether (sulfide) groups is 1. The first kappa shape index (κ1) is 20.8. The fourth-order valence-corrected chi connectivity index (χ4v) is 3.93. The number of aromatic nitrogens is 3. The largest absolute Gasteiger partial charge is 0.378 e. The summed E-state index contributed by atoms with van der Waals surface area (Å²) in [5, 5.41) is 3.12. The minimum Gasteiger partial charge on any atom is -0.378 e. The lowest BCUT2D eigenvalue weighted by molar-refractivity contribution is -0.115. The van der Waals surface area contributed by atoms with Gasteiger partial charge in [0, 0.05) is 31.9 Å². The summed E-state index contributed by atoms with van der Waals surface area (Å²) in [6.45, 7) is 7.40. The van der Waals surface area contributed by atoms with Gasteiger partial charge in [-0.05, 0) is 19.1 Å². The molecule has 2 aliphatic heterocycles. The van der Waals surface area contributed by atoms with Gasteiger partial charge in [0.15, 0.2) is 5.16 Å². The van der Waals surface area contributed by atoms with Crippen LogP contribution in [0.2, 0.25) is 0 Å². The average Bonchev–Trinajstić information content (AvgIpc) is 2.80. The van der Waals surface area contributed by atoms with Crippen LogP contribution in [-0.4, -0.2) is 78.7 Å². The maximum atomic E-state index is 12.6. The topological polar surface area (TPSA) is 92.7 Å². The number of hydrogen-bond donors (Lipinski definition) is 1. The van der Waals surface area contributed by atoms with E-state index in [1.807, 2.05) is 37.3 Å². The summed E-state index contributed by atoms with van der Waals surface area (Å²) in [5.74, 6) is 1.17. The molecule has 1 aromatic heterocycles. The molecule has 2 fully saturated rings. The van der Waals surface area contributed by atoms with E-state index in [0.717, 1.165) is 31.9 Å². The highest BCUT2D eigenvalue weighted by atomic mass is 32.2. The Morgan fingerprint density at radius 1 is 0.933 bits per heavy atom. The van der Waals surface area contributed by atoms with Crippen molar-refractivity contribution in [2.45, 2.75) is 17.3 Å². The van der Waals surface area contributed by atoms with E-state index < -0.39 is 0 Å². The summed E-state index contributed by atoms with van der Waals surface area (Å²) in [6.07, 6.45) is 0. The van der Waals surface area contributed by atoms with Crippen molar-refractivity contribution >= 4 is 35.3 Å². The van der Waals surface area contributed by atoms with Crippen molar-refractivity contribution in [3.63, 3.8) is 0 Å². The number of benzene rings is 1. The SMILES string of the molecule is C[C@@H](Sc1nc(N2CCOCC2)nc(N2CCOCC2)n1)C(=O)Nc1ccccc1. The molecular weight excluding hydrogens is 404 g/mol. The summed E-state index contributed by atoms with van der Waals surface area (Å²) in [6, 6.07) is 9.43.